The van der Waals surface area contributed by atoms with E-state index >= 15 is 0 Å². The summed E-state index contributed by atoms with van der Waals surface area (Å²) in [5.41, 5.74) is 7.05. The summed E-state index contributed by atoms with van der Waals surface area (Å²) in [6.45, 7) is 2.07. The summed E-state index contributed by atoms with van der Waals surface area (Å²) < 4.78 is 1.87. The summed E-state index contributed by atoms with van der Waals surface area (Å²) in [6.07, 6.45) is 1.76. The summed E-state index contributed by atoms with van der Waals surface area (Å²) >= 11 is 8.56. The summed E-state index contributed by atoms with van der Waals surface area (Å²) in [6, 6.07) is 5.93. The quantitative estimate of drug-likeness (QED) is 0.877. The fourth-order valence-electron chi connectivity index (χ4n) is 1.41. The number of nitrogens with zero attached hydrogens (tertiary/aromatic N) is 1. The average molecular weight is 362 g/mol. The van der Waals surface area contributed by atoms with Crippen molar-refractivity contribution in [3.8, 4) is 0 Å². The van der Waals surface area contributed by atoms with E-state index in [9.17, 15) is 0 Å². The van der Waals surface area contributed by atoms with Crippen LogP contribution in [0.25, 0.3) is 0 Å². The highest BCUT2D eigenvalue weighted by molar-refractivity contribution is 9.11. The Kier molecular flexibility index (Phi) is 3.79. The van der Waals surface area contributed by atoms with Gasteiger partial charge in [-0.1, -0.05) is 0 Å². The maximum Gasteiger partial charge on any atom is 0.0831 e. The van der Waals surface area contributed by atoms with Crippen LogP contribution in [0, 0.1) is 6.92 Å². The van der Waals surface area contributed by atoms with Crippen molar-refractivity contribution in [3.63, 3.8) is 0 Å². The minimum Gasteiger partial charge on any atom is -0.318 e. The van der Waals surface area contributed by atoms with Crippen LogP contribution in [0.1, 0.15) is 21.5 Å². The lowest BCUT2D eigenvalue weighted by molar-refractivity contribution is 0.838. The van der Waals surface area contributed by atoms with Gasteiger partial charge in [-0.25, -0.2) is 0 Å². The van der Waals surface area contributed by atoms with Crippen LogP contribution in [0.3, 0.4) is 0 Å². The maximum absolute atomic E-state index is 6.18. The van der Waals surface area contributed by atoms with Crippen molar-refractivity contribution in [3.05, 3.63) is 48.8 Å². The monoisotopic (exact) mass is 360 g/mol. The molecule has 0 aliphatic carbocycles. The highest BCUT2D eigenvalue weighted by Gasteiger charge is 2.15. The first kappa shape index (κ1) is 12.2. The lowest BCUT2D eigenvalue weighted by Gasteiger charge is -2.11. The summed E-state index contributed by atoms with van der Waals surface area (Å²) in [5.74, 6) is 0. The van der Waals surface area contributed by atoms with Crippen molar-refractivity contribution < 1.29 is 0 Å². The second kappa shape index (κ2) is 4.96. The number of hydrogen-bond donors (Lipinski definition) is 1. The van der Waals surface area contributed by atoms with E-state index in [0.717, 1.165) is 19.5 Å². The van der Waals surface area contributed by atoms with E-state index in [1.165, 1.54) is 4.88 Å². The van der Waals surface area contributed by atoms with Crippen LogP contribution in [-0.4, -0.2) is 4.98 Å². The van der Waals surface area contributed by atoms with E-state index in [-0.39, 0.29) is 6.04 Å². The Hall–Kier alpha value is -0.230. The van der Waals surface area contributed by atoms with Crippen LogP contribution in [0.2, 0.25) is 0 Å². The molecule has 0 aliphatic rings. The SMILES string of the molecule is Cc1ccc(C(N)c2ncc(Br)cc2Br)s1. The number of hydrogen-bond acceptors (Lipinski definition) is 3. The zero-order chi connectivity index (χ0) is 11.7. The Balaban J connectivity index is 2.37. The first-order chi connectivity index (χ1) is 7.58. The van der Waals surface area contributed by atoms with Gasteiger partial charge >= 0.3 is 0 Å². The molecule has 0 aromatic carbocycles. The van der Waals surface area contributed by atoms with Crippen molar-refractivity contribution in [2.45, 2.75) is 13.0 Å². The van der Waals surface area contributed by atoms with E-state index in [0.29, 0.717) is 0 Å². The maximum atomic E-state index is 6.18. The molecule has 2 aromatic heterocycles. The Labute approximate surface area is 115 Å². The van der Waals surface area contributed by atoms with Crippen molar-refractivity contribution in [1.29, 1.82) is 0 Å². The number of thiophene rings is 1. The molecular weight excluding hydrogens is 352 g/mol. The van der Waals surface area contributed by atoms with Crippen molar-refractivity contribution in [2.24, 2.45) is 5.73 Å². The van der Waals surface area contributed by atoms with E-state index in [1.807, 2.05) is 6.07 Å². The predicted molar refractivity (Wildman–Crippen MR) is 74.7 cm³/mol. The van der Waals surface area contributed by atoms with Gasteiger partial charge in [-0.15, -0.1) is 11.3 Å². The molecule has 2 heterocycles. The number of rotatable bonds is 2. The second-order valence-corrected chi connectivity index (χ2v) is 6.54. The smallest absolute Gasteiger partial charge is 0.0831 e. The number of halogens is 2. The topological polar surface area (TPSA) is 38.9 Å². The molecule has 2 aromatic rings. The Morgan fingerprint density at radius 1 is 1.38 bits per heavy atom. The summed E-state index contributed by atoms with van der Waals surface area (Å²) in [4.78, 5) is 6.75. The molecule has 1 unspecified atom stereocenters. The summed E-state index contributed by atoms with van der Waals surface area (Å²) in [7, 11) is 0. The van der Waals surface area contributed by atoms with Gasteiger partial charge in [0.1, 0.15) is 0 Å². The number of aryl methyl sites for hydroxylation is 1. The summed E-state index contributed by atoms with van der Waals surface area (Å²) in [5, 5.41) is 0. The molecule has 0 bridgehead atoms. The molecule has 84 valence electrons. The molecule has 1 atom stereocenters. The van der Waals surface area contributed by atoms with Crippen molar-refractivity contribution in [1.82, 2.24) is 4.98 Å². The molecule has 2 N–H and O–H groups in total. The lowest BCUT2D eigenvalue weighted by Crippen LogP contribution is -2.12. The Bertz CT molecular complexity index is 510. The predicted octanol–water partition coefficient (Wildman–Crippen LogP) is 4.02. The molecular formula is C11H10Br2N2S. The highest BCUT2D eigenvalue weighted by Crippen LogP contribution is 2.30. The van der Waals surface area contributed by atoms with E-state index < -0.39 is 0 Å². The van der Waals surface area contributed by atoms with Gasteiger partial charge in [0.15, 0.2) is 0 Å². The zero-order valence-electron chi connectivity index (χ0n) is 8.58. The van der Waals surface area contributed by atoms with Gasteiger partial charge in [-0.05, 0) is 57.0 Å². The van der Waals surface area contributed by atoms with E-state index in [2.05, 4.69) is 55.9 Å². The fourth-order valence-corrected chi connectivity index (χ4v) is 3.53. The number of pyridine rings is 1. The van der Waals surface area contributed by atoms with Gasteiger partial charge in [-0.3, -0.25) is 4.98 Å². The van der Waals surface area contributed by atoms with E-state index in [4.69, 9.17) is 5.73 Å². The number of nitrogens with two attached hydrogens (primary N) is 1. The molecule has 0 radical (unpaired) electrons. The van der Waals surface area contributed by atoms with Gasteiger partial charge in [0, 0.05) is 24.9 Å². The highest BCUT2D eigenvalue weighted by atomic mass is 79.9. The van der Waals surface area contributed by atoms with Gasteiger partial charge in [0.25, 0.3) is 0 Å². The molecule has 2 nitrogen and oxygen atoms in total. The molecule has 0 amide bonds. The molecule has 0 saturated heterocycles. The third-order valence-electron chi connectivity index (χ3n) is 2.20. The van der Waals surface area contributed by atoms with Gasteiger partial charge in [0.2, 0.25) is 0 Å². The minimum absolute atomic E-state index is 0.166. The molecule has 2 rings (SSSR count). The molecule has 0 fully saturated rings. The van der Waals surface area contributed by atoms with Gasteiger partial charge in [0.05, 0.1) is 11.7 Å². The van der Waals surface area contributed by atoms with Gasteiger partial charge in [-0.2, -0.15) is 0 Å². The lowest BCUT2D eigenvalue weighted by atomic mass is 10.1. The standard InChI is InChI=1S/C11H10Br2N2S/c1-6-2-3-9(16-6)10(14)11-8(13)4-7(12)5-15-11/h2-5,10H,14H2,1H3. The van der Waals surface area contributed by atoms with Gasteiger partial charge < -0.3 is 5.73 Å². The number of aromatic nitrogens is 1. The van der Waals surface area contributed by atoms with E-state index in [1.54, 1.807) is 17.5 Å². The first-order valence-electron chi connectivity index (χ1n) is 4.71. The zero-order valence-corrected chi connectivity index (χ0v) is 12.6. The molecule has 0 saturated carbocycles. The largest absolute Gasteiger partial charge is 0.318 e. The third kappa shape index (κ3) is 2.53. The molecule has 16 heavy (non-hydrogen) atoms. The van der Waals surface area contributed by atoms with Crippen LogP contribution >= 0.6 is 43.2 Å². The Morgan fingerprint density at radius 3 is 2.69 bits per heavy atom. The first-order valence-corrected chi connectivity index (χ1v) is 7.11. The van der Waals surface area contributed by atoms with Crippen LogP contribution in [-0.2, 0) is 0 Å². The van der Waals surface area contributed by atoms with Crippen LogP contribution in [0.5, 0.6) is 0 Å². The Morgan fingerprint density at radius 2 is 2.12 bits per heavy atom. The molecule has 0 spiro atoms. The van der Waals surface area contributed by atoms with Crippen LogP contribution in [0.4, 0.5) is 0 Å². The third-order valence-corrected chi connectivity index (χ3v) is 4.35. The van der Waals surface area contributed by atoms with Crippen molar-refractivity contribution >= 4 is 43.2 Å². The average Bonchev–Trinajstić information content (AvgIpc) is 2.64. The van der Waals surface area contributed by atoms with Crippen molar-refractivity contribution in [2.75, 3.05) is 0 Å². The second-order valence-electron chi connectivity index (χ2n) is 3.45. The fraction of sp³-hybridized carbons (Fsp3) is 0.182. The van der Waals surface area contributed by atoms with Crippen LogP contribution in [0.15, 0.2) is 33.3 Å². The molecule has 0 aliphatic heterocycles. The minimum atomic E-state index is -0.166. The molecule has 5 heteroatoms. The van der Waals surface area contributed by atoms with Crippen LogP contribution < -0.4 is 5.73 Å². The normalized spacial score (nSPS) is 12.8.